The lowest BCUT2D eigenvalue weighted by atomic mass is 10.2. The Bertz CT molecular complexity index is 1330. The number of aromatic amines is 1. The molecule has 0 radical (unpaired) electrons. The summed E-state index contributed by atoms with van der Waals surface area (Å²) in [6.07, 6.45) is 0. The van der Waals surface area contributed by atoms with Gasteiger partial charge in [-0.05, 0) is 29.1 Å². The maximum Gasteiger partial charge on any atom is 0.272 e. The molecule has 0 saturated heterocycles. The van der Waals surface area contributed by atoms with E-state index in [0.29, 0.717) is 24.5 Å². The van der Waals surface area contributed by atoms with Crippen molar-refractivity contribution in [3.63, 3.8) is 0 Å². The van der Waals surface area contributed by atoms with Crippen LogP contribution in [-0.4, -0.2) is 22.0 Å². The highest BCUT2D eigenvalue weighted by Gasteiger charge is 2.18. The molecule has 11 heteroatoms. The summed E-state index contributed by atoms with van der Waals surface area (Å²) in [6, 6.07) is 14.3. The number of halogens is 3. The SMILES string of the molecule is O=C(NCc1sccc1OCc1ccccc1)c1cc(NC(=O)c2cc(F)c(F)cc2Cl)[nH]n1. The summed E-state index contributed by atoms with van der Waals surface area (Å²) >= 11 is 7.25. The molecule has 34 heavy (non-hydrogen) atoms. The average molecular weight is 503 g/mol. The molecule has 0 aliphatic carbocycles. The topological polar surface area (TPSA) is 96.1 Å². The standard InChI is InChI=1S/C23H17ClF2N4O3S/c24-15-9-17(26)16(25)8-14(15)22(31)28-21-10-18(29-30-21)23(32)27-11-20-19(6-7-34-20)33-12-13-4-2-1-3-5-13/h1-10H,11-12H2,(H,27,32)(H2,28,29,30,31). The van der Waals surface area contributed by atoms with E-state index in [1.807, 2.05) is 41.8 Å². The second-order valence-corrected chi connectivity index (χ2v) is 8.44. The van der Waals surface area contributed by atoms with Crippen molar-refractivity contribution < 1.29 is 23.1 Å². The first-order chi connectivity index (χ1) is 16.4. The van der Waals surface area contributed by atoms with E-state index in [2.05, 4.69) is 20.8 Å². The first kappa shape index (κ1) is 23.4. The van der Waals surface area contributed by atoms with Crippen molar-refractivity contribution in [2.75, 3.05) is 5.32 Å². The van der Waals surface area contributed by atoms with Crippen LogP contribution in [0.15, 0.2) is 60.0 Å². The van der Waals surface area contributed by atoms with E-state index in [-0.39, 0.29) is 28.6 Å². The molecule has 0 aliphatic rings. The number of amides is 2. The molecule has 7 nitrogen and oxygen atoms in total. The Kier molecular flexibility index (Phi) is 7.19. The summed E-state index contributed by atoms with van der Waals surface area (Å²) in [5.74, 6) is -2.89. The van der Waals surface area contributed by atoms with E-state index in [9.17, 15) is 18.4 Å². The maximum atomic E-state index is 13.4. The number of carbonyl (C=O) groups excluding carboxylic acids is 2. The molecule has 174 valence electrons. The van der Waals surface area contributed by atoms with Crippen LogP contribution in [0.4, 0.5) is 14.6 Å². The fourth-order valence-electron chi connectivity index (χ4n) is 2.96. The molecular weight excluding hydrogens is 486 g/mol. The third-order valence-corrected chi connectivity index (χ3v) is 5.88. The molecule has 3 N–H and O–H groups in total. The second-order valence-electron chi connectivity index (χ2n) is 7.03. The van der Waals surface area contributed by atoms with Crippen LogP contribution in [0.5, 0.6) is 5.75 Å². The summed E-state index contributed by atoms with van der Waals surface area (Å²) < 4.78 is 32.5. The molecule has 0 spiro atoms. The number of nitrogens with zero attached hydrogens (tertiary/aromatic N) is 1. The van der Waals surface area contributed by atoms with Crippen LogP contribution >= 0.6 is 22.9 Å². The highest BCUT2D eigenvalue weighted by atomic mass is 35.5. The molecule has 0 bridgehead atoms. The van der Waals surface area contributed by atoms with Crippen LogP contribution in [0.1, 0.15) is 31.3 Å². The van der Waals surface area contributed by atoms with Crippen LogP contribution in [0.3, 0.4) is 0 Å². The number of H-pyrrole nitrogens is 1. The van der Waals surface area contributed by atoms with E-state index in [1.54, 1.807) is 0 Å². The fraction of sp³-hybridized carbons (Fsp3) is 0.0870. The number of anilines is 1. The Hall–Kier alpha value is -3.76. The second kappa shape index (κ2) is 10.4. The molecular formula is C23H17ClF2N4O3S. The van der Waals surface area contributed by atoms with Gasteiger partial charge in [0, 0.05) is 6.07 Å². The fourth-order valence-corrected chi connectivity index (χ4v) is 3.95. The predicted octanol–water partition coefficient (Wildman–Crippen LogP) is 5.16. The number of thiophene rings is 1. The van der Waals surface area contributed by atoms with Gasteiger partial charge < -0.3 is 15.4 Å². The van der Waals surface area contributed by atoms with Gasteiger partial charge >= 0.3 is 0 Å². The largest absolute Gasteiger partial charge is 0.488 e. The quantitative estimate of drug-likeness (QED) is 0.290. The van der Waals surface area contributed by atoms with E-state index in [4.69, 9.17) is 16.3 Å². The number of hydrogen-bond acceptors (Lipinski definition) is 5. The van der Waals surface area contributed by atoms with Gasteiger partial charge in [0.15, 0.2) is 17.3 Å². The highest BCUT2D eigenvalue weighted by Crippen LogP contribution is 2.26. The first-order valence-corrected chi connectivity index (χ1v) is 11.2. The van der Waals surface area contributed by atoms with Crippen molar-refractivity contribution in [1.29, 1.82) is 0 Å². The minimum Gasteiger partial charge on any atom is -0.488 e. The van der Waals surface area contributed by atoms with Crippen LogP contribution in [0.2, 0.25) is 5.02 Å². The number of benzene rings is 2. The lowest BCUT2D eigenvalue weighted by Gasteiger charge is -2.08. The number of carbonyl (C=O) groups is 2. The molecule has 2 aromatic heterocycles. The minimum atomic E-state index is -1.21. The van der Waals surface area contributed by atoms with Gasteiger partial charge in [-0.2, -0.15) is 5.10 Å². The van der Waals surface area contributed by atoms with Gasteiger partial charge in [0.2, 0.25) is 0 Å². The third-order valence-electron chi connectivity index (χ3n) is 4.66. The summed E-state index contributed by atoms with van der Waals surface area (Å²) in [5.41, 5.74) is 0.788. The molecule has 4 rings (SSSR count). The zero-order chi connectivity index (χ0) is 24.1. The van der Waals surface area contributed by atoms with E-state index in [1.165, 1.54) is 17.4 Å². The van der Waals surface area contributed by atoms with Crippen molar-refractivity contribution in [2.45, 2.75) is 13.2 Å². The molecule has 2 amide bonds. The monoisotopic (exact) mass is 502 g/mol. The Morgan fingerprint density at radius 3 is 2.62 bits per heavy atom. The normalized spacial score (nSPS) is 10.7. The molecule has 0 aliphatic heterocycles. The van der Waals surface area contributed by atoms with Gasteiger partial charge in [-0.3, -0.25) is 14.7 Å². The molecule has 0 atom stereocenters. The molecule has 0 saturated carbocycles. The Morgan fingerprint density at radius 1 is 1.06 bits per heavy atom. The third kappa shape index (κ3) is 5.59. The zero-order valence-electron chi connectivity index (χ0n) is 17.4. The smallest absolute Gasteiger partial charge is 0.272 e. The van der Waals surface area contributed by atoms with E-state index < -0.39 is 23.4 Å². The summed E-state index contributed by atoms with van der Waals surface area (Å²) in [4.78, 5) is 25.6. The zero-order valence-corrected chi connectivity index (χ0v) is 19.0. The molecule has 2 aromatic carbocycles. The molecule has 4 aromatic rings. The van der Waals surface area contributed by atoms with Crippen LogP contribution in [-0.2, 0) is 13.2 Å². The number of hydrogen-bond donors (Lipinski definition) is 3. The van der Waals surface area contributed by atoms with Crippen LogP contribution in [0, 0.1) is 11.6 Å². The minimum absolute atomic E-state index is 0.0231. The highest BCUT2D eigenvalue weighted by molar-refractivity contribution is 7.10. The van der Waals surface area contributed by atoms with Gasteiger partial charge in [-0.15, -0.1) is 11.3 Å². The van der Waals surface area contributed by atoms with Gasteiger partial charge in [-0.1, -0.05) is 41.9 Å². The predicted molar refractivity (Wildman–Crippen MR) is 124 cm³/mol. The molecule has 0 unspecified atom stereocenters. The summed E-state index contributed by atoms with van der Waals surface area (Å²) in [5, 5.41) is 13.1. The van der Waals surface area contributed by atoms with Gasteiger partial charge in [0.25, 0.3) is 11.8 Å². The van der Waals surface area contributed by atoms with Gasteiger partial charge in [0.1, 0.15) is 18.2 Å². The van der Waals surface area contributed by atoms with Crippen molar-refractivity contribution in [1.82, 2.24) is 15.5 Å². The van der Waals surface area contributed by atoms with E-state index >= 15 is 0 Å². The Balaban J connectivity index is 1.33. The average Bonchev–Trinajstić information content (AvgIpc) is 3.48. The molecule has 0 fully saturated rings. The first-order valence-electron chi connectivity index (χ1n) is 9.93. The van der Waals surface area contributed by atoms with Crippen LogP contribution < -0.4 is 15.4 Å². The van der Waals surface area contributed by atoms with Crippen LogP contribution in [0.25, 0.3) is 0 Å². The number of rotatable bonds is 8. The van der Waals surface area contributed by atoms with E-state index in [0.717, 1.165) is 10.4 Å². The molecule has 2 heterocycles. The summed E-state index contributed by atoms with van der Waals surface area (Å²) in [6.45, 7) is 0.628. The number of aromatic nitrogens is 2. The Labute approximate surface area is 201 Å². The Morgan fingerprint density at radius 2 is 1.82 bits per heavy atom. The van der Waals surface area contributed by atoms with Crippen molar-refractivity contribution in [2.24, 2.45) is 0 Å². The lowest BCUT2D eigenvalue weighted by molar-refractivity contribution is 0.0945. The van der Waals surface area contributed by atoms with Crippen molar-refractivity contribution in [3.8, 4) is 5.75 Å². The van der Waals surface area contributed by atoms with Crippen molar-refractivity contribution >= 4 is 40.6 Å². The lowest BCUT2D eigenvalue weighted by Crippen LogP contribution is -2.23. The number of ether oxygens (including phenoxy) is 1. The van der Waals surface area contributed by atoms with Crippen molar-refractivity contribution in [3.05, 3.63) is 98.3 Å². The van der Waals surface area contributed by atoms with Gasteiger partial charge in [0.05, 0.1) is 22.0 Å². The summed E-state index contributed by atoms with van der Waals surface area (Å²) in [7, 11) is 0. The number of nitrogens with one attached hydrogen (secondary N) is 3. The maximum absolute atomic E-state index is 13.4. The van der Waals surface area contributed by atoms with Gasteiger partial charge in [-0.25, -0.2) is 8.78 Å².